The van der Waals surface area contributed by atoms with Gasteiger partial charge >= 0.3 is 5.97 Å². The molecule has 21 heavy (non-hydrogen) atoms. The highest BCUT2D eigenvalue weighted by Crippen LogP contribution is 2.25. The van der Waals surface area contributed by atoms with Crippen LogP contribution in [0.4, 0.5) is 0 Å². The van der Waals surface area contributed by atoms with Crippen molar-refractivity contribution in [3.8, 4) is 0 Å². The van der Waals surface area contributed by atoms with E-state index in [1.54, 1.807) is 6.08 Å². The average molecular weight is 292 g/mol. The first-order valence-electron chi connectivity index (χ1n) is 7.86. The van der Waals surface area contributed by atoms with Crippen LogP contribution >= 0.6 is 0 Å². The normalized spacial score (nSPS) is 14.4. The Morgan fingerprint density at radius 3 is 2.14 bits per heavy atom. The molecule has 0 aliphatic carbocycles. The number of rotatable bonds is 7. The van der Waals surface area contributed by atoms with E-state index < -0.39 is 0 Å². The molecule has 1 atom stereocenters. The highest BCUT2D eigenvalue weighted by molar-refractivity contribution is 5.83. The van der Waals surface area contributed by atoms with E-state index in [1.165, 1.54) is 22.3 Å². The minimum absolute atomic E-state index is 0.254. The number of carbonyl (C=O) groups is 1. The lowest BCUT2D eigenvalue weighted by atomic mass is 9.89. The summed E-state index contributed by atoms with van der Waals surface area (Å²) in [4.78, 5) is 11.5. The molecule has 0 heterocycles. The molecule has 2 nitrogen and oxygen atoms in total. The molecule has 120 valence electrons. The molecule has 0 spiro atoms. The Morgan fingerprint density at radius 1 is 1.10 bits per heavy atom. The fourth-order valence-electron chi connectivity index (χ4n) is 2.05. The molecule has 0 bridgehead atoms. The summed E-state index contributed by atoms with van der Waals surface area (Å²) in [5.74, 6) is 0.264. The van der Waals surface area contributed by atoms with Crippen LogP contribution in [0.2, 0.25) is 0 Å². The zero-order chi connectivity index (χ0) is 16.6. The third-order valence-electron chi connectivity index (χ3n) is 4.35. The van der Waals surface area contributed by atoms with Gasteiger partial charge in [-0.05, 0) is 78.4 Å². The second kappa shape index (κ2) is 9.59. The van der Waals surface area contributed by atoms with Crippen molar-refractivity contribution in [1.82, 2.24) is 0 Å². The molecule has 0 aromatic heterocycles. The van der Waals surface area contributed by atoms with Crippen molar-refractivity contribution in [2.45, 2.75) is 68.2 Å². The van der Waals surface area contributed by atoms with Gasteiger partial charge in [-0.1, -0.05) is 23.6 Å². The molecule has 0 aliphatic rings. The van der Waals surface area contributed by atoms with Gasteiger partial charge in [0.1, 0.15) is 0 Å². The molecule has 0 fully saturated rings. The quantitative estimate of drug-likeness (QED) is 0.264. The van der Waals surface area contributed by atoms with Crippen LogP contribution in [0, 0.1) is 5.92 Å². The van der Waals surface area contributed by atoms with Crippen molar-refractivity contribution in [2.24, 2.45) is 5.92 Å². The van der Waals surface area contributed by atoms with E-state index in [2.05, 4.69) is 41.5 Å². The van der Waals surface area contributed by atoms with Gasteiger partial charge in [0.25, 0.3) is 0 Å². The fourth-order valence-corrected chi connectivity index (χ4v) is 2.05. The lowest BCUT2D eigenvalue weighted by molar-refractivity contribution is -0.137. The van der Waals surface area contributed by atoms with Crippen molar-refractivity contribution >= 4 is 5.97 Å². The summed E-state index contributed by atoms with van der Waals surface area (Å²) in [6, 6.07) is 0. The predicted molar refractivity (Wildman–Crippen MR) is 91.2 cm³/mol. The molecule has 2 heteroatoms. The van der Waals surface area contributed by atoms with Gasteiger partial charge in [0, 0.05) is 6.08 Å². The predicted octanol–water partition coefficient (Wildman–Crippen LogP) is 5.60. The van der Waals surface area contributed by atoms with Gasteiger partial charge in [0.15, 0.2) is 0 Å². The number of ether oxygens (including phenoxy) is 1. The molecule has 0 aromatic rings. The Labute approximate surface area is 131 Å². The topological polar surface area (TPSA) is 26.3 Å². The lowest BCUT2D eigenvalue weighted by Crippen LogP contribution is -2.04. The Balaban J connectivity index is 4.88. The molecular formula is C19H32O2. The monoisotopic (exact) mass is 292 g/mol. The van der Waals surface area contributed by atoms with E-state index in [-0.39, 0.29) is 5.97 Å². The van der Waals surface area contributed by atoms with Gasteiger partial charge in [0.2, 0.25) is 0 Å². The van der Waals surface area contributed by atoms with Crippen molar-refractivity contribution in [3.05, 3.63) is 33.9 Å². The third kappa shape index (κ3) is 7.31. The number of hydrogen-bond donors (Lipinski definition) is 0. The second-order valence-corrected chi connectivity index (χ2v) is 6.11. The Hall–Kier alpha value is -1.31. The van der Waals surface area contributed by atoms with E-state index in [9.17, 15) is 4.79 Å². The zero-order valence-corrected chi connectivity index (χ0v) is 15.1. The average Bonchev–Trinajstić information content (AvgIpc) is 2.42. The zero-order valence-electron chi connectivity index (χ0n) is 15.1. The minimum atomic E-state index is -0.254. The highest BCUT2D eigenvalue weighted by Gasteiger charge is 2.10. The van der Waals surface area contributed by atoms with Gasteiger partial charge in [0.05, 0.1) is 6.61 Å². The molecule has 0 rings (SSSR count). The largest absolute Gasteiger partial charge is 0.463 e. The second-order valence-electron chi connectivity index (χ2n) is 6.11. The summed E-state index contributed by atoms with van der Waals surface area (Å²) >= 11 is 0. The summed E-state index contributed by atoms with van der Waals surface area (Å²) in [6.07, 6.45) is 3.87. The molecule has 0 amide bonds. The van der Waals surface area contributed by atoms with Gasteiger partial charge in [-0.25, -0.2) is 4.79 Å². The molecule has 0 aromatic carbocycles. The first-order valence-corrected chi connectivity index (χ1v) is 7.86. The maximum Gasteiger partial charge on any atom is 0.331 e. The van der Waals surface area contributed by atoms with Crippen molar-refractivity contribution in [1.29, 1.82) is 0 Å². The van der Waals surface area contributed by atoms with Crippen LogP contribution < -0.4 is 0 Å². The summed E-state index contributed by atoms with van der Waals surface area (Å²) in [5.41, 5.74) is 6.45. The fraction of sp³-hybridized carbons (Fsp3) is 0.632. The van der Waals surface area contributed by atoms with Crippen LogP contribution in [0.1, 0.15) is 68.2 Å². The van der Waals surface area contributed by atoms with E-state index >= 15 is 0 Å². The van der Waals surface area contributed by atoms with Crippen molar-refractivity contribution < 1.29 is 9.53 Å². The SMILES string of the molecule is CCOC(=O)C=C(C)C(C)=C(C)C(C)CCC(C)=C(C)C. The van der Waals surface area contributed by atoms with Gasteiger partial charge < -0.3 is 4.74 Å². The Bertz CT molecular complexity index is 446. The van der Waals surface area contributed by atoms with Crippen LogP contribution in [0.15, 0.2) is 33.9 Å². The standard InChI is InChI=1S/C19H32O2/c1-9-21-19(20)12-16(6)18(8)17(7)15(5)11-10-14(4)13(2)3/h12,15H,9-11H2,1-8H3. The summed E-state index contributed by atoms with van der Waals surface area (Å²) in [6.45, 7) is 17.3. The molecule has 0 saturated heterocycles. The lowest BCUT2D eigenvalue weighted by Gasteiger charge is -2.17. The third-order valence-corrected chi connectivity index (χ3v) is 4.35. The van der Waals surface area contributed by atoms with Gasteiger partial charge in [-0.2, -0.15) is 0 Å². The molecule has 0 radical (unpaired) electrons. The molecule has 0 saturated carbocycles. The molecular weight excluding hydrogens is 260 g/mol. The van der Waals surface area contributed by atoms with E-state index in [0.717, 1.165) is 18.4 Å². The first-order chi connectivity index (χ1) is 9.70. The maximum absolute atomic E-state index is 11.5. The van der Waals surface area contributed by atoms with Crippen LogP contribution in [0.5, 0.6) is 0 Å². The van der Waals surface area contributed by atoms with Crippen LogP contribution in [0.3, 0.4) is 0 Å². The van der Waals surface area contributed by atoms with E-state index in [0.29, 0.717) is 12.5 Å². The maximum atomic E-state index is 11.5. The van der Waals surface area contributed by atoms with Gasteiger partial charge in [-0.3, -0.25) is 0 Å². The Morgan fingerprint density at radius 2 is 1.67 bits per heavy atom. The van der Waals surface area contributed by atoms with Crippen LogP contribution in [-0.4, -0.2) is 12.6 Å². The minimum Gasteiger partial charge on any atom is -0.463 e. The van der Waals surface area contributed by atoms with E-state index in [4.69, 9.17) is 4.74 Å². The number of allylic oxidation sites excluding steroid dienone is 5. The molecule has 0 aliphatic heterocycles. The molecule has 0 N–H and O–H groups in total. The Kier molecular flexibility index (Phi) is 9.00. The van der Waals surface area contributed by atoms with Gasteiger partial charge in [-0.15, -0.1) is 0 Å². The highest BCUT2D eigenvalue weighted by atomic mass is 16.5. The number of hydrogen-bond acceptors (Lipinski definition) is 2. The smallest absolute Gasteiger partial charge is 0.331 e. The number of esters is 1. The van der Waals surface area contributed by atoms with Crippen LogP contribution in [-0.2, 0) is 9.53 Å². The molecule has 1 unspecified atom stereocenters. The summed E-state index contributed by atoms with van der Waals surface area (Å²) in [7, 11) is 0. The number of carbonyl (C=O) groups excluding carboxylic acids is 1. The first kappa shape index (κ1) is 19.7. The summed E-state index contributed by atoms with van der Waals surface area (Å²) in [5, 5.41) is 0. The summed E-state index contributed by atoms with van der Waals surface area (Å²) < 4.78 is 4.96. The van der Waals surface area contributed by atoms with E-state index in [1.807, 2.05) is 13.8 Å². The van der Waals surface area contributed by atoms with Crippen LogP contribution in [0.25, 0.3) is 0 Å². The van der Waals surface area contributed by atoms with Crippen molar-refractivity contribution in [3.63, 3.8) is 0 Å². The van der Waals surface area contributed by atoms with Crippen molar-refractivity contribution in [2.75, 3.05) is 6.61 Å².